The van der Waals surface area contributed by atoms with Crippen molar-refractivity contribution in [3.05, 3.63) is 83.6 Å². The van der Waals surface area contributed by atoms with Crippen LogP contribution >= 0.6 is 0 Å². The van der Waals surface area contributed by atoms with Crippen molar-refractivity contribution >= 4 is 17.4 Å². The first-order chi connectivity index (χ1) is 13.1. The molecule has 0 aliphatic rings. The van der Waals surface area contributed by atoms with E-state index in [-0.39, 0.29) is 5.91 Å². The van der Waals surface area contributed by atoms with Gasteiger partial charge >= 0.3 is 0 Å². The van der Waals surface area contributed by atoms with Gasteiger partial charge in [0.2, 0.25) is 0 Å². The van der Waals surface area contributed by atoms with Crippen molar-refractivity contribution in [1.29, 1.82) is 0 Å². The second-order valence-electron chi connectivity index (χ2n) is 6.18. The normalized spacial score (nSPS) is 10.3. The van der Waals surface area contributed by atoms with Gasteiger partial charge < -0.3 is 15.4 Å². The van der Waals surface area contributed by atoms with Gasteiger partial charge in [-0.15, -0.1) is 0 Å². The first-order valence-electron chi connectivity index (χ1n) is 8.94. The Balaban J connectivity index is 1.55. The molecule has 2 N–H and O–H groups in total. The maximum absolute atomic E-state index is 12.3. The number of carbonyl (C=O) groups excluding carboxylic acids is 1. The predicted octanol–water partition coefficient (Wildman–Crippen LogP) is 4.65. The highest BCUT2D eigenvalue weighted by Crippen LogP contribution is 2.17. The van der Waals surface area contributed by atoms with E-state index in [9.17, 15) is 4.79 Å². The molecule has 0 aliphatic carbocycles. The number of rotatable bonds is 7. The molecule has 3 rings (SSSR count). The number of aryl methyl sites for hydroxylation is 1. The zero-order valence-electron chi connectivity index (χ0n) is 15.5. The Bertz CT molecular complexity index is 873. The molecule has 3 aromatic rings. The summed E-state index contributed by atoms with van der Waals surface area (Å²) in [5, 5.41) is 6.11. The zero-order valence-corrected chi connectivity index (χ0v) is 15.5. The molecule has 1 heterocycles. The Morgan fingerprint density at radius 2 is 1.74 bits per heavy atom. The smallest absolute Gasteiger partial charge is 0.257 e. The Morgan fingerprint density at radius 3 is 2.37 bits per heavy atom. The minimum Gasteiger partial charge on any atom is -0.494 e. The third-order valence-electron chi connectivity index (χ3n) is 4.04. The number of aromatic nitrogens is 1. The molecule has 0 aliphatic heterocycles. The van der Waals surface area contributed by atoms with Crippen molar-refractivity contribution < 1.29 is 9.53 Å². The Labute approximate surface area is 159 Å². The van der Waals surface area contributed by atoms with Crippen molar-refractivity contribution in [2.75, 3.05) is 17.2 Å². The molecule has 0 saturated carbocycles. The van der Waals surface area contributed by atoms with Crippen molar-refractivity contribution in [1.82, 2.24) is 4.98 Å². The second kappa shape index (κ2) is 8.85. The zero-order chi connectivity index (χ0) is 19.1. The van der Waals surface area contributed by atoms with E-state index in [1.54, 1.807) is 18.3 Å². The average Bonchev–Trinajstić information content (AvgIpc) is 2.70. The monoisotopic (exact) mass is 361 g/mol. The lowest BCUT2D eigenvalue weighted by Crippen LogP contribution is -2.12. The van der Waals surface area contributed by atoms with E-state index in [4.69, 9.17) is 4.74 Å². The second-order valence-corrected chi connectivity index (χ2v) is 6.18. The summed E-state index contributed by atoms with van der Waals surface area (Å²) in [5.41, 5.74) is 3.63. The summed E-state index contributed by atoms with van der Waals surface area (Å²) >= 11 is 0. The van der Waals surface area contributed by atoms with Crippen LogP contribution in [0.1, 0.15) is 28.4 Å². The van der Waals surface area contributed by atoms with Crippen LogP contribution in [-0.4, -0.2) is 17.5 Å². The molecule has 2 aromatic carbocycles. The fourth-order valence-corrected chi connectivity index (χ4v) is 2.54. The van der Waals surface area contributed by atoms with E-state index in [1.165, 1.54) is 11.1 Å². The van der Waals surface area contributed by atoms with Gasteiger partial charge in [-0.2, -0.15) is 0 Å². The number of nitrogens with zero attached hydrogens (tertiary/aromatic N) is 1. The number of carbonyl (C=O) groups is 1. The fraction of sp³-hybridized carbons (Fsp3) is 0.182. The first kappa shape index (κ1) is 18.5. The van der Waals surface area contributed by atoms with Gasteiger partial charge in [0.15, 0.2) is 0 Å². The molecule has 0 unspecified atom stereocenters. The minimum absolute atomic E-state index is 0.197. The summed E-state index contributed by atoms with van der Waals surface area (Å²) < 4.78 is 5.39. The predicted molar refractivity (Wildman–Crippen MR) is 108 cm³/mol. The van der Waals surface area contributed by atoms with Gasteiger partial charge in [0.1, 0.15) is 11.6 Å². The molecule has 5 heteroatoms. The Morgan fingerprint density at radius 1 is 1.00 bits per heavy atom. The van der Waals surface area contributed by atoms with Gasteiger partial charge in [-0.05, 0) is 55.8 Å². The summed E-state index contributed by atoms with van der Waals surface area (Å²) in [4.78, 5) is 16.7. The maximum Gasteiger partial charge on any atom is 0.257 e. The van der Waals surface area contributed by atoms with Gasteiger partial charge in [-0.3, -0.25) is 4.79 Å². The van der Waals surface area contributed by atoms with Crippen LogP contribution in [0.3, 0.4) is 0 Å². The fourth-order valence-electron chi connectivity index (χ4n) is 2.54. The van der Waals surface area contributed by atoms with Gasteiger partial charge in [-0.1, -0.05) is 29.8 Å². The van der Waals surface area contributed by atoms with Crippen LogP contribution in [0.15, 0.2) is 66.9 Å². The Hall–Kier alpha value is -3.34. The van der Waals surface area contributed by atoms with Crippen LogP contribution in [0, 0.1) is 6.92 Å². The number of benzene rings is 2. The van der Waals surface area contributed by atoms with E-state index < -0.39 is 0 Å². The van der Waals surface area contributed by atoms with Gasteiger partial charge in [0.25, 0.3) is 5.91 Å². The third-order valence-corrected chi connectivity index (χ3v) is 4.04. The summed E-state index contributed by atoms with van der Waals surface area (Å²) in [6, 6.07) is 19.2. The van der Waals surface area contributed by atoms with Crippen LogP contribution in [0.25, 0.3) is 0 Å². The number of anilines is 2. The summed E-state index contributed by atoms with van der Waals surface area (Å²) in [7, 11) is 0. The maximum atomic E-state index is 12.3. The number of ether oxygens (including phenoxy) is 1. The van der Waals surface area contributed by atoms with E-state index in [0.29, 0.717) is 24.4 Å². The highest BCUT2D eigenvalue weighted by Gasteiger charge is 2.07. The highest BCUT2D eigenvalue weighted by atomic mass is 16.5. The lowest BCUT2D eigenvalue weighted by Gasteiger charge is -2.09. The molecule has 27 heavy (non-hydrogen) atoms. The minimum atomic E-state index is -0.197. The Kier molecular flexibility index (Phi) is 6.05. The van der Waals surface area contributed by atoms with Gasteiger partial charge in [-0.25, -0.2) is 4.98 Å². The van der Waals surface area contributed by atoms with E-state index in [1.807, 2.05) is 31.2 Å². The lowest BCUT2D eigenvalue weighted by atomic mass is 10.1. The standard InChI is InChI=1S/C22H23N3O2/c1-3-27-20-11-9-19(10-12-20)25-22(26)18-8-13-21(24-15-18)23-14-17-6-4-16(2)5-7-17/h4-13,15H,3,14H2,1-2H3,(H,23,24)(H,25,26). The van der Waals surface area contributed by atoms with Crippen LogP contribution in [-0.2, 0) is 6.54 Å². The van der Waals surface area contributed by atoms with Crippen molar-refractivity contribution in [3.8, 4) is 5.75 Å². The molecule has 1 amide bonds. The van der Waals surface area contributed by atoms with E-state index >= 15 is 0 Å². The molecular formula is C22H23N3O2. The van der Waals surface area contributed by atoms with E-state index in [0.717, 1.165) is 11.6 Å². The number of pyridine rings is 1. The number of amides is 1. The SMILES string of the molecule is CCOc1ccc(NC(=O)c2ccc(NCc3ccc(C)cc3)nc2)cc1. The molecule has 138 valence electrons. The number of nitrogens with one attached hydrogen (secondary N) is 2. The molecule has 5 nitrogen and oxygen atoms in total. The largest absolute Gasteiger partial charge is 0.494 e. The van der Waals surface area contributed by atoms with Crippen LogP contribution in [0.5, 0.6) is 5.75 Å². The molecule has 0 spiro atoms. The summed E-state index contributed by atoms with van der Waals surface area (Å²) in [6.07, 6.45) is 1.57. The third kappa shape index (κ3) is 5.31. The number of hydrogen-bond acceptors (Lipinski definition) is 4. The molecule has 0 fully saturated rings. The average molecular weight is 361 g/mol. The number of hydrogen-bond donors (Lipinski definition) is 2. The highest BCUT2D eigenvalue weighted by molar-refractivity contribution is 6.04. The van der Waals surface area contributed by atoms with E-state index in [2.05, 4.69) is 46.8 Å². The van der Waals surface area contributed by atoms with Crippen molar-refractivity contribution in [2.24, 2.45) is 0 Å². The van der Waals surface area contributed by atoms with Crippen molar-refractivity contribution in [2.45, 2.75) is 20.4 Å². The molecule has 0 bridgehead atoms. The molecule has 0 atom stereocenters. The molecule has 0 saturated heterocycles. The molecular weight excluding hydrogens is 338 g/mol. The first-order valence-corrected chi connectivity index (χ1v) is 8.94. The quantitative estimate of drug-likeness (QED) is 0.643. The van der Waals surface area contributed by atoms with Gasteiger partial charge in [0.05, 0.1) is 12.2 Å². The topological polar surface area (TPSA) is 63.2 Å². The van der Waals surface area contributed by atoms with Gasteiger partial charge in [0, 0.05) is 18.4 Å². The summed E-state index contributed by atoms with van der Waals surface area (Å²) in [5.74, 6) is 1.31. The van der Waals surface area contributed by atoms with Crippen LogP contribution in [0.4, 0.5) is 11.5 Å². The molecule has 0 radical (unpaired) electrons. The van der Waals surface area contributed by atoms with Crippen LogP contribution < -0.4 is 15.4 Å². The summed E-state index contributed by atoms with van der Waals surface area (Å²) in [6.45, 7) is 5.30. The van der Waals surface area contributed by atoms with Crippen LogP contribution in [0.2, 0.25) is 0 Å². The van der Waals surface area contributed by atoms with Crippen molar-refractivity contribution in [3.63, 3.8) is 0 Å². The lowest BCUT2D eigenvalue weighted by molar-refractivity contribution is 0.102. The molecule has 1 aromatic heterocycles.